The van der Waals surface area contributed by atoms with Crippen molar-refractivity contribution in [2.75, 3.05) is 19.7 Å². The lowest BCUT2D eigenvalue weighted by molar-refractivity contribution is -0.142. The topological polar surface area (TPSA) is 66.8 Å². The van der Waals surface area contributed by atoms with Crippen LogP contribution < -0.4 is 0 Å². The summed E-state index contributed by atoms with van der Waals surface area (Å²) in [5, 5.41) is 8.69. The van der Waals surface area contributed by atoms with Crippen molar-refractivity contribution in [3.05, 3.63) is 0 Å². The standard InChI is InChI=1S/C13H21NO4/c15-12(16)6-5-10-3-1-7-14(9-10)13(17)11-4-2-8-18-11/h10-11H,1-9H2,(H,15,16)/t10-,11-/m1/s1. The van der Waals surface area contributed by atoms with Gasteiger partial charge in [-0.05, 0) is 38.0 Å². The van der Waals surface area contributed by atoms with E-state index in [9.17, 15) is 9.59 Å². The summed E-state index contributed by atoms with van der Waals surface area (Å²) in [6.45, 7) is 2.18. The van der Waals surface area contributed by atoms with Gasteiger partial charge in [0.05, 0.1) is 0 Å². The normalized spacial score (nSPS) is 28.3. The van der Waals surface area contributed by atoms with Crippen LogP contribution in [0.1, 0.15) is 38.5 Å². The number of rotatable bonds is 4. The average molecular weight is 255 g/mol. The molecule has 0 aromatic heterocycles. The van der Waals surface area contributed by atoms with E-state index in [1.165, 1.54) is 0 Å². The van der Waals surface area contributed by atoms with Crippen molar-refractivity contribution < 1.29 is 19.4 Å². The number of carboxylic acids is 1. The van der Waals surface area contributed by atoms with E-state index in [1.54, 1.807) is 0 Å². The van der Waals surface area contributed by atoms with Gasteiger partial charge in [0.2, 0.25) is 0 Å². The molecule has 0 radical (unpaired) electrons. The molecule has 2 rings (SSSR count). The molecule has 5 nitrogen and oxygen atoms in total. The van der Waals surface area contributed by atoms with Crippen molar-refractivity contribution in [3.8, 4) is 0 Å². The van der Waals surface area contributed by atoms with Crippen LogP contribution in [-0.2, 0) is 14.3 Å². The summed E-state index contributed by atoms with van der Waals surface area (Å²) in [6, 6.07) is 0. The summed E-state index contributed by atoms with van der Waals surface area (Å²) in [5.41, 5.74) is 0. The predicted octanol–water partition coefficient (Wildman–Crippen LogP) is 1.27. The summed E-state index contributed by atoms with van der Waals surface area (Å²) in [6.07, 6.45) is 4.42. The van der Waals surface area contributed by atoms with E-state index in [-0.39, 0.29) is 18.4 Å². The molecule has 1 N–H and O–H groups in total. The average Bonchev–Trinajstić information content (AvgIpc) is 2.89. The van der Waals surface area contributed by atoms with Crippen LogP contribution in [0.3, 0.4) is 0 Å². The molecule has 2 saturated heterocycles. The highest BCUT2D eigenvalue weighted by Crippen LogP contribution is 2.23. The lowest BCUT2D eigenvalue weighted by atomic mass is 9.93. The van der Waals surface area contributed by atoms with E-state index >= 15 is 0 Å². The Morgan fingerprint density at radius 3 is 2.78 bits per heavy atom. The SMILES string of the molecule is O=C(O)CC[C@H]1CCCN(C(=O)[C@H]2CCCO2)C1. The molecule has 0 aliphatic carbocycles. The molecule has 0 saturated carbocycles. The zero-order valence-corrected chi connectivity index (χ0v) is 10.6. The van der Waals surface area contributed by atoms with E-state index in [1.807, 2.05) is 4.90 Å². The summed E-state index contributed by atoms with van der Waals surface area (Å²) in [4.78, 5) is 24.6. The van der Waals surface area contributed by atoms with Crippen LogP contribution in [0.25, 0.3) is 0 Å². The van der Waals surface area contributed by atoms with Crippen LogP contribution in [0.2, 0.25) is 0 Å². The Morgan fingerprint density at radius 1 is 1.28 bits per heavy atom. The molecule has 2 atom stereocenters. The quantitative estimate of drug-likeness (QED) is 0.821. The lowest BCUT2D eigenvalue weighted by Crippen LogP contribution is -2.44. The zero-order valence-electron chi connectivity index (χ0n) is 10.6. The van der Waals surface area contributed by atoms with E-state index in [4.69, 9.17) is 9.84 Å². The Balaban J connectivity index is 1.81. The molecule has 0 aromatic carbocycles. The molecule has 0 aromatic rings. The van der Waals surface area contributed by atoms with Crippen molar-refractivity contribution >= 4 is 11.9 Å². The first-order valence-corrected chi connectivity index (χ1v) is 6.79. The Kier molecular flexibility index (Phi) is 4.58. The molecule has 0 unspecified atom stereocenters. The minimum Gasteiger partial charge on any atom is -0.481 e. The minimum absolute atomic E-state index is 0.104. The number of hydrogen-bond acceptors (Lipinski definition) is 3. The first-order valence-electron chi connectivity index (χ1n) is 6.79. The van der Waals surface area contributed by atoms with Gasteiger partial charge in [-0.3, -0.25) is 9.59 Å². The maximum Gasteiger partial charge on any atom is 0.303 e. The molecule has 2 aliphatic heterocycles. The smallest absolute Gasteiger partial charge is 0.303 e. The van der Waals surface area contributed by atoms with Gasteiger partial charge in [0.1, 0.15) is 6.10 Å². The second kappa shape index (κ2) is 6.18. The van der Waals surface area contributed by atoms with Gasteiger partial charge in [0.15, 0.2) is 0 Å². The fourth-order valence-electron chi connectivity index (χ4n) is 2.80. The van der Waals surface area contributed by atoms with Gasteiger partial charge in [-0.25, -0.2) is 0 Å². The molecule has 0 spiro atoms. The van der Waals surface area contributed by atoms with E-state index in [0.717, 1.165) is 32.2 Å². The molecule has 0 bridgehead atoms. The summed E-state index contributed by atoms with van der Waals surface area (Å²) in [5.74, 6) is -0.315. The minimum atomic E-state index is -0.752. The van der Waals surface area contributed by atoms with Crippen LogP contribution in [0.5, 0.6) is 0 Å². The second-order valence-corrected chi connectivity index (χ2v) is 5.23. The summed E-state index contributed by atoms with van der Waals surface area (Å²) >= 11 is 0. The third kappa shape index (κ3) is 3.45. The number of carbonyl (C=O) groups excluding carboxylic acids is 1. The Morgan fingerprint density at radius 2 is 2.11 bits per heavy atom. The number of piperidine rings is 1. The summed E-state index contributed by atoms with van der Waals surface area (Å²) < 4.78 is 5.42. The van der Waals surface area contributed by atoms with Crippen molar-refractivity contribution in [3.63, 3.8) is 0 Å². The highest BCUT2D eigenvalue weighted by atomic mass is 16.5. The molecule has 102 valence electrons. The number of carboxylic acid groups (broad SMARTS) is 1. The van der Waals surface area contributed by atoms with Crippen LogP contribution in [0, 0.1) is 5.92 Å². The molecular formula is C13H21NO4. The Bertz CT molecular complexity index is 312. The van der Waals surface area contributed by atoms with Gasteiger partial charge in [-0.1, -0.05) is 0 Å². The van der Waals surface area contributed by atoms with Crippen molar-refractivity contribution in [1.82, 2.24) is 4.90 Å². The first-order chi connectivity index (χ1) is 8.66. The third-order valence-electron chi connectivity index (χ3n) is 3.80. The monoisotopic (exact) mass is 255 g/mol. The molecule has 5 heteroatoms. The highest BCUT2D eigenvalue weighted by molar-refractivity contribution is 5.81. The Hall–Kier alpha value is -1.10. The van der Waals surface area contributed by atoms with Crippen LogP contribution in [0.4, 0.5) is 0 Å². The van der Waals surface area contributed by atoms with Gasteiger partial charge in [0.25, 0.3) is 5.91 Å². The molecule has 2 fully saturated rings. The summed E-state index contributed by atoms with van der Waals surface area (Å²) in [7, 11) is 0. The van der Waals surface area contributed by atoms with Gasteiger partial charge in [-0.2, -0.15) is 0 Å². The molecule has 1 amide bonds. The number of likely N-dealkylation sites (tertiary alicyclic amines) is 1. The molecule has 2 heterocycles. The van der Waals surface area contributed by atoms with E-state index in [0.29, 0.717) is 25.5 Å². The molecular weight excluding hydrogens is 234 g/mol. The van der Waals surface area contributed by atoms with E-state index < -0.39 is 5.97 Å². The first kappa shape index (κ1) is 13.3. The molecule has 18 heavy (non-hydrogen) atoms. The number of nitrogens with zero attached hydrogens (tertiary/aromatic N) is 1. The van der Waals surface area contributed by atoms with Gasteiger partial charge in [0, 0.05) is 26.1 Å². The third-order valence-corrected chi connectivity index (χ3v) is 3.80. The van der Waals surface area contributed by atoms with Gasteiger partial charge < -0.3 is 14.7 Å². The Labute approximate surface area is 107 Å². The number of hydrogen-bond donors (Lipinski definition) is 1. The van der Waals surface area contributed by atoms with Gasteiger partial charge >= 0.3 is 5.97 Å². The maximum absolute atomic E-state index is 12.2. The fourth-order valence-corrected chi connectivity index (χ4v) is 2.80. The second-order valence-electron chi connectivity index (χ2n) is 5.23. The highest BCUT2D eigenvalue weighted by Gasteiger charge is 2.31. The van der Waals surface area contributed by atoms with Crippen molar-refractivity contribution in [1.29, 1.82) is 0 Å². The van der Waals surface area contributed by atoms with Crippen LogP contribution in [0.15, 0.2) is 0 Å². The van der Waals surface area contributed by atoms with Crippen molar-refractivity contribution in [2.45, 2.75) is 44.6 Å². The predicted molar refractivity (Wildman–Crippen MR) is 65.1 cm³/mol. The number of carbonyl (C=O) groups is 2. The maximum atomic E-state index is 12.2. The fraction of sp³-hybridized carbons (Fsp3) is 0.846. The number of amides is 1. The van der Waals surface area contributed by atoms with Crippen LogP contribution >= 0.6 is 0 Å². The number of ether oxygens (including phenoxy) is 1. The zero-order chi connectivity index (χ0) is 13.0. The van der Waals surface area contributed by atoms with Crippen LogP contribution in [-0.4, -0.2) is 47.7 Å². The largest absolute Gasteiger partial charge is 0.481 e. The van der Waals surface area contributed by atoms with Gasteiger partial charge in [-0.15, -0.1) is 0 Å². The van der Waals surface area contributed by atoms with E-state index in [2.05, 4.69) is 0 Å². The molecule has 2 aliphatic rings. The van der Waals surface area contributed by atoms with Crippen molar-refractivity contribution in [2.24, 2.45) is 5.92 Å². The lowest BCUT2D eigenvalue weighted by Gasteiger charge is -2.34. The number of aliphatic carboxylic acids is 1.